The SMILES string of the molecule is CN[C@@H](CCCC(=O)O)C(=O)NCC(=O)NCCOCCN. The van der Waals surface area contributed by atoms with Gasteiger partial charge in [-0.05, 0) is 19.9 Å². The van der Waals surface area contributed by atoms with Crippen LogP contribution < -0.4 is 21.7 Å². The molecule has 0 aliphatic rings. The Morgan fingerprint density at radius 1 is 1.23 bits per heavy atom. The maximum atomic E-state index is 11.8. The van der Waals surface area contributed by atoms with Gasteiger partial charge in [-0.25, -0.2) is 0 Å². The van der Waals surface area contributed by atoms with E-state index >= 15 is 0 Å². The molecular weight excluding hydrogens is 292 g/mol. The summed E-state index contributed by atoms with van der Waals surface area (Å²) in [5.74, 6) is -1.54. The van der Waals surface area contributed by atoms with E-state index in [9.17, 15) is 14.4 Å². The molecule has 9 heteroatoms. The lowest BCUT2D eigenvalue weighted by Gasteiger charge is -2.15. The van der Waals surface area contributed by atoms with Crippen LogP contribution in [0.5, 0.6) is 0 Å². The molecule has 0 saturated carbocycles. The second kappa shape index (κ2) is 13.0. The van der Waals surface area contributed by atoms with Crippen molar-refractivity contribution in [2.45, 2.75) is 25.3 Å². The number of hydrogen-bond acceptors (Lipinski definition) is 6. The fraction of sp³-hybridized carbons (Fsp3) is 0.769. The number of rotatable bonds is 13. The first-order chi connectivity index (χ1) is 10.5. The summed E-state index contributed by atoms with van der Waals surface area (Å²) >= 11 is 0. The third kappa shape index (κ3) is 11.0. The van der Waals surface area contributed by atoms with E-state index in [1.165, 1.54) is 0 Å². The predicted molar refractivity (Wildman–Crippen MR) is 80.2 cm³/mol. The van der Waals surface area contributed by atoms with Crippen LogP contribution in [-0.2, 0) is 19.1 Å². The van der Waals surface area contributed by atoms with Gasteiger partial charge in [0.25, 0.3) is 0 Å². The average molecular weight is 318 g/mol. The molecule has 0 aliphatic carbocycles. The summed E-state index contributed by atoms with van der Waals surface area (Å²) in [6.07, 6.45) is 0.789. The van der Waals surface area contributed by atoms with Crippen LogP contribution in [0.4, 0.5) is 0 Å². The molecule has 0 spiro atoms. The third-order valence-corrected chi connectivity index (χ3v) is 2.80. The van der Waals surface area contributed by atoms with Gasteiger partial charge in [0.05, 0.1) is 25.8 Å². The van der Waals surface area contributed by atoms with Gasteiger partial charge in [-0.2, -0.15) is 0 Å². The molecule has 6 N–H and O–H groups in total. The van der Waals surface area contributed by atoms with Crippen LogP contribution in [0.1, 0.15) is 19.3 Å². The first-order valence-electron chi connectivity index (χ1n) is 7.22. The molecular formula is C13H26N4O5. The van der Waals surface area contributed by atoms with Crippen molar-refractivity contribution < 1.29 is 24.2 Å². The highest BCUT2D eigenvalue weighted by Gasteiger charge is 2.17. The van der Waals surface area contributed by atoms with Crippen LogP contribution in [-0.4, -0.2) is 68.8 Å². The van der Waals surface area contributed by atoms with E-state index < -0.39 is 12.0 Å². The predicted octanol–water partition coefficient (Wildman–Crippen LogP) is -1.96. The number of ether oxygens (including phenoxy) is 1. The van der Waals surface area contributed by atoms with Crippen LogP contribution >= 0.6 is 0 Å². The maximum Gasteiger partial charge on any atom is 0.303 e. The fourth-order valence-corrected chi connectivity index (χ4v) is 1.67. The van der Waals surface area contributed by atoms with Crippen LogP contribution in [0.15, 0.2) is 0 Å². The molecule has 0 fully saturated rings. The van der Waals surface area contributed by atoms with Crippen LogP contribution in [0.25, 0.3) is 0 Å². The number of hydrogen-bond donors (Lipinski definition) is 5. The minimum Gasteiger partial charge on any atom is -0.481 e. The number of carboxylic acid groups (broad SMARTS) is 1. The largest absolute Gasteiger partial charge is 0.481 e. The Hall–Kier alpha value is -1.71. The zero-order valence-electron chi connectivity index (χ0n) is 12.9. The van der Waals surface area contributed by atoms with Crippen molar-refractivity contribution in [1.82, 2.24) is 16.0 Å². The highest BCUT2D eigenvalue weighted by Crippen LogP contribution is 2.01. The van der Waals surface area contributed by atoms with Crippen molar-refractivity contribution in [2.75, 3.05) is 39.9 Å². The van der Waals surface area contributed by atoms with Gasteiger partial charge in [0.2, 0.25) is 11.8 Å². The normalized spacial score (nSPS) is 11.7. The molecule has 0 rings (SSSR count). The number of carbonyl (C=O) groups is 3. The lowest BCUT2D eigenvalue weighted by atomic mass is 10.1. The molecule has 0 saturated heterocycles. The molecule has 0 aromatic heterocycles. The number of amides is 2. The number of carbonyl (C=O) groups excluding carboxylic acids is 2. The second-order valence-corrected chi connectivity index (χ2v) is 4.60. The van der Waals surface area contributed by atoms with Crippen LogP contribution in [0.2, 0.25) is 0 Å². The van der Waals surface area contributed by atoms with Crippen molar-refractivity contribution in [1.29, 1.82) is 0 Å². The molecule has 0 unspecified atom stereocenters. The smallest absolute Gasteiger partial charge is 0.303 e. The Bertz CT molecular complexity index is 351. The van der Waals surface area contributed by atoms with Gasteiger partial charge < -0.3 is 31.5 Å². The van der Waals surface area contributed by atoms with Crippen molar-refractivity contribution in [3.8, 4) is 0 Å². The molecule has 22 heavy (non-hydrogen) atoms. The summed E-state index contributed by atoms with van der Waals surface area (Å²) in [5, 5.41) is 16.5. The highest BCUT2D eigenvalue weighted by molar-refractivity contribution is 5.87. The molecule has 0 heterocycles. The number of carboxylic acids is 1. The summed E-state index contributed by atoms with van der Waals surface area (Å²) in [7, 11) is 1.61. The Morgan fingerprint density at radius 2 is 1.95 bits per heavy atom. The molecule has 128 valence electrons. The van der Waals surface area contributed by atoms with E-state index in [2.05, 4.69) is 16.0 Å². The Labute approximate surface area is 130 Å². The van der Waals surface area contributed by atoms with Gasteiger partial charge in [0, 0.05) is 19.5 Å². The minimum absolute atomic E-state index is 0.00868. The Morgan fingerprint density at radius 3 is 2.55 bits per heavy atom. The minimum atomic E-state index is -0.897. The van der Waals surface area contributed by atoms with Crippen molar-refractivity contribution in [3.05, 3.63) is 0 Å². The zero-order valence-corrected chi connectivity index (χ0v) is 12.9. The van der Waals surface area contributed by atoms with Gasteiger partial charge in [-0.1, -0.05) is 0 Å². The van der Waals surface area contributed by atoms with Gasteiger partial charge in [-0.15, -0.1) is 0 Å². The van der Waals surface area contributed by atoms with Crippen LogP contribution in [0.3, 0.4) is 0 Å². The van der Waals surface area contributed by atoms with Gasteiger partial charge in [0.15, 0.2) is 0 Å². The molecule has 0 aromatic carbocycles. The number of nitrogens with one attached hydrogen (secondary N) is 3. The monoisotopic (exact) mass is 318 g/mol. The van der Waals surface area contributed by atoms with E-state index in [0.717, 1.165) is 0 Å². The number of nitrogens with two attached hydrogens (primary N) is 1. The van der Waals surface area contributed by atoms with E-state index in [4.69, 9.17) is 15.6 Å². The first kappa shape index (κ1) is 20.3. The lowest BCUT2D eigenvalue weighted by molar-refractivity contribution is -0.137. The fourth-order valence-electron chi connectivity index (χ4n) is 1.67. The first-order valence-corrected chi connectivity index (χ1v) is 7.22. The molecule has 0 aromatic rings. The summed E-state index contributed by atoms with van der Waals surface area (Å²) in [6, 6.07) is -0.514. The van der Waals surface area contributed by atoms with Gasteiger partial charge in [-0.3, -0.25) is 14.4 Å². The Balaban J connectivity index is 3.83. The van der Waals surface area contributed by atoms with E-state index in [1.54, 1.807) is 7.05 Å². The molecule has 0 radical (unpaired) electrons. The summed E-state index contributed by atoms with van der Waals surface area (Å²) < 4.78 is 5.09. The number of aliphatic carboxylic acids is 1. The van der Waals surface area contributed by atoms with E-state index in [-0.39, 0.29) is 24.8 Å². The summed E-state index contributed by atoms with van der Waals surface area (Å²) in [4.78, 5) is 33.7. The maximum absolute atomic E-state index is 11.8. The molecule has 0 bridgehead atoms. The quantitative estimate of drug-likeness (QED) is 0.248. The summed E-state index contributed by atoms with van der Waals surface area (Å²) in [6.45, 7) is 1.45. The van der Waals surface area contributed by atoms with Crippen LogP contribution in [0, 0.1) is 0 Å². The van der Waals surface area contributed by atoms with Gasteiger partial charge in [0.1, 0.15) is 0 Å². The lowest BCUT2D eigenvalue weighted by Crippen LogP contribution is -2.46. The average Bonchev–Trinajstić information content (AvgIpc) is 2.48. The van der Waals surface area contributed by atoms with Crippen molar-refractivity contribution >= 4 is 17.8 Å². The zero-order chi connectivity index (χ0) is 16.8. The van der Waals surface area contributed by atoms with Gasteiger partial charge >= 0.3 is 5.97 Å². The molecule has 2 amide bonds. The van der Waals surface area contributed by atoms with Crippen molar-refractivity contribution in [2.24, 2.45) is 5.73 Å². The standard InChI is InChI=1S/C13H26N4O5/c1-15-10(3-2-4-12(19)20)13(21)17-9-11(18)16-6-8-22-7-5-14/h10,15H,2-9,14H2,1H3,(H,16,18)(H,17,21)(H,19,20)/t10-/m0/s1. The molecule has 1 atom stereocenters. The third-order valence-electron chi connectivity index (χ3n) is 2.80. The molecule has 9 nitrogen and oxygen atoms in total. The van der Waals surface area contributed by atoms with E-state index in [1.807, 2.05) is 0 Å². The summed E-state index contributed by atoms with van der Waals surface area (Å²) in [5.41, 5.74) is 5.25. The second-order valence-electron chi connectivity index (χ2n) is 4.60. The Kier molecular flexibility index (Phi) is 12.0. The van der Waals surface area contributed by atoms with Crippen molar-refractivity contribution in [3.63, 3.8) is 0 Å². The highest BCUT2D eigenvalue weighted by atomic mass is 16.5. The number of likely N-dealkylation sites (N-methyl/N-ethyl adjacent to an activating group) is 1. The van der Waals surface area contributed by atoms with E-state index in [0.29, 0.717) is 39.1 Å². The molecule has 0 aliphatic heterocycles. The topological polar surface area (TPSA) is 143 Å².